The van der Waals surface area contributed by atoms with Gasteiger partial charge in [0.05, 0.1) is 36.7 Å². The van der Waals surface area contributed by atoms with Gasteiger partial charge in [0.1, 0.15) is 0 Å². The second kappa shape index (κ2) is 7.39. The average Bonchev–Trinajstić information content (AvgIpc) is 2.94. The molecular weight excluding hydrogens is 365 g/mol. The Morgan fingerprint density at radius 2 is 1.96 bits per heavy atom. The molecule has 1 aliphatic rings. The van der Waals surface area contributed by atoms with E-state index >= 15 is 0 Å². The maximum absolute atomic E-state index is 14.1. The third-order valence-corrected chi connectivity index (χ3v) is 4.71. The third-order valence-electron chi connectivity index (χ3n) is 4.71. The molecule has 3 heterocycles. The van der Waals surface area contributed by atoms with Crippen LogP contribution in [-0.2, 0) is 18.8 Å². The van der Waals surface area contributed by atoms with E-state index in [9.17, 15) is 9.18 Å². The molecule has 1 saturated heterocycles. The van der Waals surface area contributed by atoms with Crippen molar-refractivity contribution in [2.24, 2.45) is 19.2 Å². The van der Waals surface area contributed by atoms with Gasteiger partial charge in [0.15, 0.2) is 11.6 Å². The number of hydrogen-bond acceptors (Lipinski definition) is 7. The fraction of sp³-hybridized carbons (Fsp3) is 0.333. The smallest absolute Gasteiger partial charge is 0.328 e. The van der Waals surface area contributed by atoms with Crippen molar-refractivity contribution >= 4 is 29.0 Å². The summed E-state index contributed by atoms with van der Waals surface area (Å²) in [7, 11) is 3.46. The second-order valence-electron chi connectivity index (χ2n) is 6.48. The molecule has 9 nitrogen and oxygen atoms in total. The van der Waals surface area contributed by atoms with Crippen LogP contribution in [0.1, 0.15) is 5.56 Å². The average molecular weight is 385 g/mol. The van der Waals surface area contributed by atoms with Crippen LogP contribution in [0, 0.1) is 5.82 Å². The Morgan fingerprint density at radius 3 is 2.75 bits per heavy atom. The van der Waals surface area contributed by atoms with Crippen LogP contribution in [0.4, 0.5) is 16.2 Å². The number of aryl methyl sites for hydroxylation is 2. The Bertz CT molecular complexity index is 1100. The first-order chi connectivity index (χ1) is 13.5. The minimum absolute atomic E-state index is 0.0856. The van der Waals surface area contributed by atoms with Crippen LogP contribution in [0.25, 0.3) is 11.0 Å². The van der Waals surface area contributed by atoms with Crippen LogP contribution < -0.4 is 16.0 Å². The molecule has 1 aliphatic heterocycles. The van der Waals surface area contributed by atoms with Crippen molar-refractivity contribution in [1.29, 1.82) is 0 Å². The number of nitrogens with one attached hydrogen (secondary N) is 1. The highest BCUT2D eigenvalue weighted by Crippen LogP contribution is 2.18. The van der Waals surface area contributed by atoms with E-state index in [1.165, 1.54) is 0 Å². The van der Waals surface area contributed by atoms with E-state index in [1.54, 1.807) is 29.4 Å². The predicted molar refractivity (Wildman–Crippen MR) is 104 cm³/mol. The lowest BCUT2D eigenvalue weighted by Gasteiger charge is -2.27. The molecule has 4 rings (SSSR count). The summed E-state index contributed by atoms with van der Waals surface area (Å²) in [6.45, 7) is 2.22. The van der Waals surface area contributed by atoms with Gasteiger partial charge < -0.3 is 9.64 Å². The molecule has 0 aliphatic carbocycles. The zero-order valence-electron chi connectivity index (χ0n) is 15.6. The fourth-order valence-electron chi connectivity index (χ4n) is 3.18. The SMILES string of the molecule is Cn1c(=O)n(C)c2cc(/C=N\Nc3ncc(F)c(N4CCOCC4)n3)ccc21. The first kappa shape index (κ1) is 18.1. The van der Waals surface area contributed by atoms with Gasteiger partial charge in [-0.2, -0.15) is 10.1 Å². The van der Waals surface area contributed by atoms with Crippen molar-refractivity contribution in [2.45, 2.75) is 0 Å². The second-order valence-corrected chi connectivity index (χ2v) is 6.48. The lowest BCUT2D eigenvalue weighted by atomic mass is 10.2. The molecule has 0 unspecified atom stereocenters. The van der Waals surface area contributed by atoms with Gasteiger partial charge in [0, 0.05) is 27.2 Å². The number of benzene rings is 1. The number of aromatic nitrogens is 4. The maximum Gasteiger partial charge on any atom is 0.328 e. The highest BCUT2D eigenvalue weighted by Gasteiger charge is 2.17. The molecule has 0 spiro atoms. The lowest BCUT2D eigenvalue weighted by molar-refractivity contribution is 0.122. The summed E-state index contributed by atoms with van der Waals surface area (Å²) in [4.78, 5) is 22.0. The molecule has 0 radical (unpaired) electrons. The number of halogens is 1. The van der Waals surface area contributed by atoms with Gasteiger partial charge >= 0.3 is 5.69 Å². The monoisotopic (exact) mass is 385 g/mol. The van der Waals surface area contributed by atoms with Crippen molar-refractivity contribution in [1.82, 2.24) is 19.1 Å². The summed E-state index contributed by atoms with van der Waals surface area (Å²) in [6.07, 6.45) is 2.72. The van der Waals surface area contributed by atoms with Crippen molar-refractivity contribution in [3.8, 4) is 0 Å². The molecular formula is C18H20FN7O2. The van der Waals surface area contributed by atoms with Gasteiger partial charge in [0.2, 0.25) is 5.95 Å². The predicted octanol–water partition coefficient (Wildman–Crippen LogP) is 1.09. The van der Waals surface area contributed by atoms with Gasteiger partial charge in [0.25, 0.3) is 0 Å². The number of rotatable bonds is 4. The van der Waals surface area contributed by atoms with Crippen LogP contribution in [-0.4, -0.2) is 51.6 Å². The van der Waals surface area contributed by atoms with Crippen LogP contribution in [0.5, 0.6) is 0 Å². The standard InChI is InChI=1S/C18H20FN7O2/c1-24-14-4-3-12(9-15(14)25(2)18(24)27)10-21-23-17-20-11-13(19)16(22-17)26-5-7-28-8-6-26/h3-4,9-11H,5-8H2,1-2H3,(H,20,22,23)/b21-10-. The molecule has 28 heavy (non-hydrogen) atoms. The molecule has 2 aromatic heterocycles. The van der Waals surface area contributed by atoms with Gasteiger partial charge in [-0.05, 0) is 17.7 Å². The number of imidazole rings is 1. The Kier molecular flexibility index (Phi) is 4.78. The van der Waals surface area contributed by atoms with Crippen molar-refractivity contribution in [3.63, 3.8) is 0 Å². The Labute approximate surface area is 160 Å². The van der Waals surface area contributed by atoms with E-state index in [0.717, 1.165) is 22.8 Å². The molecule has 0 amide bonds. The molecule has 0 saturated carbocycles. The van der Waals surface area contributed by atoms with Crippen LogP contribution in [0.2, 0.25) is 0 Å². The Balaban J connectivity index is 1.52. The Morgan fingerprint density at radius 1 is 1.21 bits per heavy atom. The van der Waals surface area contributed by atoms with Gasteiger partial charge in [-0.25, -0.2) is 19.6 Å². The zero-order valence-corrected chi connectivity index (χ0v) is 15.6. The number of morpholine rings is 1. The number of ether oxygens (including phenoxy) is 1. The normalized spacial score (nSPS) is 14.9. The highest BCUT2D eigenvalue weighted by molar-refractivity contribution is 5.87. The van der Waals surface area contributed by atoms with Crippen molar-refractivity contribution in [3.05, 3.63) is 46.3 Å². The minimum Gasteiger partial charge on any atom is -0.378 e. The number of nitrogens with zero attached hydrogens (tertiary/aromatic N) is 6. The lowest BCUT2D eigenvalue weighted by Crippen LogP contribution is -2.37. The molecule has 0 atom stereocenters. The van der Waals surface area contributed by atoms with Crippen LogP contribution in [0.15, 0.2) is 34.3 Å². The van der Waals surface area contributed by atoms with Crippen LogP contribution >= 0.6 is 0 Å². The molecule has 1 N–H and O–H groups in total. The molecule has 1 aromatic carbocycles. The van der Waals surface area contributed by atoms with Gasteiger partial charge in [-0.3, -0.25) is 9.13 Å². The number of hydrogen-bond donors (Lipinski definition) is 1. The first-order valence-corrected chi connectivity index (χ1v) is 8.84. The summed E-state index contributed by atoms with van der Waals surface area (Å²) in [5, 5.41) is 4.13. The molecule has 10 heteroatoms. The van der Waals surface area contributed by atoms with E-state index in [4.69, 9.17) is 4.74 Å². The largest absolute Gasteiger partial charge is 0.378 e. The quantitative estimate of drug-likeness (QED) is 0.534. The summed E-state index contributed by atoms with van der Waals surface area (Å²) in [5.74, 6) is -0.0455. The topological polar surface area (TPSA) is 89.6 Å². The van der Waals surface area contributed by atoms with Crippen molar-refractivity contribution in [2.75, 3.05) is 36.6 Å². The molecule has 0 bridgehead atoms. The first-order valence-electron chi connectivity index (χ1n) is 8.84. The summed E-state index contributed by atoms with van der Waals surface area (Å²) >= 11 is 0. The summed E-state index contributed by atoms with van der Waals surface area (Å²) < 4.78 is 22.5. The van der Waals surface area contributed by atoms with E-state index in [1.807, 2.05) is 23.1 Å². The molecule has 3 aromatic rings. The van der Waals surface area contributed by atoms with E-state index in [-0.39, 0.29) is 17.5 Å². The number of fused-ring (bicyclic) bond motifs is 1. The van der Waals surface area contributed by atoms with E-state index in [2.05, 4.69) is 20.5 Å². The molecule has 146 valence electrons. The number of anilines is 2. The van der Waals surface area contributed by atoms with Gasteiger partial charge in [-0.15, -0.1) is 0 Å². The molecule has 1 fully saturated rings. The Hall–Kier alpha value is -3.27. The fourth-order valence-corrected chi connectivity index (χ4v) is 3.18. The van der Waals surface area contributed by atoms with Crippen LogP contribution in [0.3, 0.4) is 0 Å². The van der Waals surface area contributed by atoms with Crippen molar-refractivity contribution < 1.29 is 9.13 Å². The highest BCUT2D eigenvalue weighted by atomic mass is 19.1. The maximum atomic E-state index is 14.1. The minimum atomic E-state index is -0.480. The summed E-state index contributed by atoms with van der Waals surface area (Å²) in [5.41, 5.74) is 5.10. The van der Waals surface area contributed by atoms with E-state index in [0.29, 0.717) is 26.3 Å². The van der Waals surface area contributed by atoms with E-state index < -0.39 is 5.82 Å². The zero-order chi connectivity index (χ0) is 19.7. The third kappa shape index (κ3) is 3.33. The number of hydrazone groups is 1. The summed E-state index contributed by atoms with van der Waals surface area (Å²) in [6, 6.07) is 5.59. The van der Waals surface area contributed by atoms with Gasteiger partial charge in [-0.1, -0.05) is 6.07 Å².